The Balaban J connectivity index is 1.39. The minimum Gasteiger partial charge on any atom is -0.391 e. The highest BCUT2D eigenvalue weighted by Gasteiger charge is 2.42. The van der Waals surface area contributed by atoms with Gasteiger partial charge in [0.15, 0.2) is 0 Å². The maximum Gasteiger partial charge on any atom is 0.268 e. The number of nitrogens with zero attached hydrogens (tertiary/aromatic N) is 3. The van der Waals surface area contributed by atoms with Gasteiger partial charge in [-0.15, -0.1) is 11.6 Å². The summed E-state index contributed by atoms with van der Waals surface area (Å²) in [4.78, 5) is 21.3. The fourth-order valence-electron chi connectivity index (χ4n) is 3.89. The van der Waals surface area contributed by atoms with Crippen LogP contribution in [0.3, 0.4) is 0 Å². The number of amides is 1. The molecule has 0 radical (unpaired) electrons. The van der Waals surface area contributed by atoms with E-state index >= 15 is 0 Å². The second-order valence-electron chi connectivity index (χ2n) is 7.59. The molecule has 0 bridgehead atoms. The maximum absolute atomic E-state index is 13.5. The van der Waals surface area contributed by atoms with E-state index in [4.69, 9.17) is 16.3 Å². The molecule has 6 atom stereocenters. The predicted molar refractivity (Wildman–Crippen MR) is 107 cm³/mol. The molecule has 0 aromatic rings. The van der Waals surface area contributed by atoms with E-state index in [0.29, 0.717) is 31.9 Å². The molecule has 11 heteroatoms. The smallest absolute Gasteiger partial charge is 0.268 e. The second-order valence-corrected chi connectivity index (χ2v) is 8.15. The lowest BCUT2D eigenvalue weighted by Gasteiger charge is -2.33. The molecule has 29 heavy (non-hydrogen) atoms. The van der Waals surface area contributed by atoms with Crippen molar-refractivity contribution >= 4 is 35.4 Å². The average molecular weight is 427 g/mol. The van der Waals surface area contributed by atoms with Crippen molar-refractivity contribution in [3.05, 3.63) is 11.9 Å². The fraction of sp³-hybridized carbons (Fsp3) is 0.667. The van der Waals surface area contributed by atoms with Crippen LogP contribution < -0.4 is 16.1 Å². The summed E-state index contributed by atoms with van der Waals surface area (Å²) in [7, 11) is 0. The van der Waals surface area contributed by atoms with Gasteiger partial charge in [-0.2, -0.15) is 5.10 Å². The van der Waals surface area contributed by atoms with E-state index in [1.807, 2.05) is 0 Å². The van der Waals surface area contributed by atoms with Crippen LogP contribution in [0.25, 0.3) is 0 Å². The molecule has 4 aliphatic rings. The van der Waals surface area contributed by atoms with Crippen LogP contribution in [0.4, 0.5) is 4.39 Å². The van der Waals surface area contributed by atoms with Gasteiger partial charge in [-0.05, 0) is 18.8 Å². The number of hydrazone groups is 1. The minimum absolute atomic E-state index is 0.179. The number of aliphatic imine (C=N–C) groups is 2. The number of halogens is 2. The summed E-state index contributed by atoms with van der Waals surface area (Å²) in [5.74, 6) is -0.758. The molecule has 0 aromatic heterocycles. The number of fused-ring (bicyclic) bond motifs is 1. The minimum atomic E-state index is -0.556. The van der Waals surface area contributed by atoms with E-state index in [-0.39, 0.29) is 47.7 Å². The zero-order valence-corrected chi connectivity index (χ0v) is 16.5. The summed E-state index contributed by atoms with van der Waals surface area (Å²) in [6.07, 6.45) is 3.01. The molecule has 4 unspecified atom stereocenters. The van der Waals surface area contributed by atoms with E-state index in [0.717, 1.165) is 0 Å². The van der Waals surface area contributed by atoms with Gasteiger partial charge in [0.05, 0.1) is 24.6 Å². The lowest BCUT2D eigenvalue weighted by atomic mass is 9.92. The molecule has 1 saturated heterocycles. The van der Waals surface area contributed by atoms with Crippen molar-refractivity contribution in [2.24, 2.45) is 26.9 Å². The standard InChI is InChI=1S/C18H24ClFN6O3/c19-11-2-1-10(20)5-9(11)6-21-18(28)15-14-16(22-8-23-17(14)26-25-15)24-12-7-29-4-3-13(12)27/h1,8-9,11-14,16,24,27H,2-7H2,(H,21,28)(H,22,23,26)/t9?,11?,12-,13-,14?,16?/m1/s1. The molecule has 1 amide bonds. The first kappa shape index (κ1) is 20.4. The highest BCUT2D eigenvalue weighted by atomic mass is 35.5. The van der Waals surface area contributed by atoms with Crippen LogP contribution in [0.5, 0.6) is 0 Å². The topological polar surface area (TPSA) is 120 Å². The third-order valence-electron chi connectivity index (χ3n) is 5.62. The zero-order valence-electron chi connectivity index (χ0n) is 15.7. The summed E-state index contributed by atoms with van der Waals surface area (Å²) in [6, 6.07) is -0.302. The van der Waals surface area contributed by atoms with Gasteiger partial charge >= 0.3 is 0 Å². The molecule has 1 fully saturated rings. The quantitative estimate of drug-likeness (QED) is 0.463. The number of ether oxygens (including phenoxy) is 1. The Bertz CT molecular complexity index is 773. The van der Waals surface area contributed by atoms with Crippen LogP contribution in [0.1, 0.15) is 19.3 Å². The van der Waals surface area contributed by atoms with Gasteiger partial charge in [-0.3, -0.25) is 20.5 Å². The normalized spacial score (nSPS) is 36.4. The number of aliphatic hydroxyl groups excluding tert-OH is 1. The van der Waals surface area contributed by atoms with E-state index in [1.165, 1.54) is 12.4 Å². The number of alkyl halides is 1. The Labute approximate surface area is 172 Å². The van der Waals surface area contributed by atoms with E-state index in [9.17, 15) is 14.3 Å². The average Bonchev–Trinajstić information content (AvgIpc) is 3.15. The van der Waals surface area contributed by atoms with Gasteiger partial charge in [-0.25, -0.2) is 9.38 Å². The summed E-state index contributed by atoms with van der Waals surface area (Å²) in [6.45, 7) is 1.12. The number of nitrogens with one attached hydrogen (secondary N) is 3. The molecule has 3 aliphatic heterocycles. The van der Waals surface area contributed by atoms with Gasteiger partial charge in [0.2, 0.25) is 0 Å². The lowest BCUT2D eigenvalue weighted by Crippen LogP contribution is -2.56. The lowest BCUT2D eigenvalue weighted by molar-refractivity contribution is -0.115. The molecule has 0 saturated carbocycles. The molecule has 1 aliphatic carbocycles. The maximum atomic E-state index is 13.5. The highest BCUT2D eigenvalue weighted by molar-refractivity contribution is 6.45. The van der Waals surface area contributed by atoms with Crippen LogP contribution >= 0.6 is 11.6 Å². The number of amidine groups is 1. The molecule has 158 valence electrons. The van der Waals surface area contributed by atoms with E-state index in [1.54, 1.807) is 0 Å². The van der Waals surface area contributed by atoms with Crippen LogP contribution in [0, 0.1) is 11.8 Å². The Morgan fingerprint density at radius 1 is 1.48 bits per heavy atom. The Morgan fingerprint density at radius 2 is 2.34 bits per heavy atom. The molecule has 0 aromatic carbocycles. The van der Waals surface area contributed by atoms with Crippen molar-refractivity contribution in [1.29, 1.82) is 0 Å². The van der Waals surface area contributed by atoms with Crippen molar-refractivity contribution < 1.29 is 19.0 Å². The third kappa shape index (κ3) is 4.50. The first-order valence-electron chi connectivity index (χ1n) is 9.74. The van der Waals surface area contributed by atoms with Crippen LogP contribution in [0.15, 0.2) is 27.0 Å². The molecule has 0 spiro atoms. The monoisotopic (exact) mass is 426 g/mol. The number of hydrogen-bond acceptors (Lipinski definition) is 8. The van der Waals surface area contributed by atoms with Gasteiger partial charge in [0.1, 0.15) is 30.0 Å². The van der Waals surface area contributed by atoms with Gasteiger partial charge in [0.25, 0.3) is 5.91 Å². The van der Waals surface area contributed by atoms with Crippen molar-refractivity contribution in [2.75, 3.05) is 19.8 Å². The number of aliphatic hydroxyl groups is 1. The summed E-state index contributed by atoms with van der Waals surface area (Å²) < 4.78 is 19.0. The zero-order chi connectivity index (χ0) is 20.4. The van der Waals surface area contributed by atoms with Gasteiger partial charge < -0.3 is 15.2 Å². The molecular weight excluding hydrogens is 403 g/mol. The highest BCUT2D eigenvalue weighted by Crippen LogP contribution is 2.28. The molecule has 9 nitrogen and oxygen atoms in total. The van der Waals surface area contributed by atoms with Crippen LogP contribution in [-0.4, -0.2) is 72.3 Å². The third-order valence-corrected chi connectivity index (χ3v) is 6.15. The summed E-state index contributed by atoms with van der Waals surface area (Å²) in [5, 5.41) is 20.2. The van der Waals surface area contributed by atoms with E-state index < -0.39 is 18.2 Å². The molecule has 4 N–H and O–H groups in total. The number of allylic oxidation sites excluding steroid dienone is 2. The number of carbonyl (C=O) groups is 1. The van der Waals surface area contributed by atoms with Crippen molar-refractivity contribution in [3.63, 3.8) is 0 Å². The molecular formula is C18H24ClFN6O3. The largest absolute Gasteiger partial charge is 0.391 e. The predicted octanol–water partition coefficient (Wildman–Crippen LogP) is 0.0547. The Morgan fingerprint density at radius 3 is 3.17 bits per heavy atom. The van der Waals surface area contributed by atoms with Crippen molar-refractivity contribution in [3.8, 4) is 0 Å². The SMILES string of the molecule is O=C(NCC1CC(F)=CCC1Cl)C1=NNC2=NC=NC(N[C@@H]3COCC[C@H]3O)C21. The van der Waals surface area contributed by atoms with Crippen LogP contribution in [-0.2, 0) is 9.53 Å². The second kappa shape index (κ2) is 8.86. The van der Waals surface area contributed by atoms with Crippen molar-refractivity contribution in [1.82, 2.24) is 16.1 Å². The Hall–Kier alpha value is -1.88. The summed E-state index contributed by atoms with van der Waals surface area (Å²) >= 11 is 6.26. The van der Waals surface area contributed by atoms with Crippen molar-refractivity contribution in [2.45, 2.75) is 43.0 Å². The molecule has 3 heterocycles. The van der Waals surface area contributed by atoms with Gasteiger partial charge in [-0.1, -0.05) is 6.08 Å². The Kier molecular flexibility index (Phi) is 6.23. The van der Waals surface area contributed by atoms with Gasteiger partial charge in [0, 0.05) is 24.9 Å². The number of hydrogen-bond donors (Lipinski definition) is 4. The molecule has 4 rings (SSSR count). The first-order valence-corrected chi connectivity index (χ1v) is 10.2. The summed E-state index contributed by atoms with van der Waals surface area (Å²) in [5.41, 5.74) is 3.02. The number of rotatable bonds is 5. The fourth-order valence-corrected chi connectivity index (χ4v) is 4.16. The van der Waals surface area contributed by atoms with E-state index in [2.05, 4.69) is 31.1 Å². The number of carbonyl (C=O) groups excluding carboxylic acids is 1. The van der Waals surface area contributed by atoms with Crippen LogP contribution in [0.2, 0.25) is 0 Å². The first-order chi connectivity index (χ1) is 14.0.